The van der Waals surface area contributed by atoms with E-state index in [4.69, 9.17) is 4.42 Å². The van der Waals surface area contributed by atoms with E-state index in [1.165, 1.54) is 11.8 Å². The molecule has 3 aromatic carbocycles. The number of amides is 1. The lowest BCUT2D eigenvalue weighted by Gasteiger charge is -2.09. The molecule has 7 heteroatoms. The van der Waals surface area contributed by atoms with Crippen molar-refractivity contribution in [1.82, 2.24) is 20.1 Å². The largest absolute Gasteiger partial charge is 0.431 e. The zero-order chi connectivity index (χ0) is 21.8. The first-order chi connectivity index (χ1) is 15.8. The Morgan fingerprint density at radius 3 is 2.62 bits per heavy atom. The van der Waals surface area contributed by atoms with Gasteiger partial charge in [-0.3, -0.25) is 4.79 Å². The van der Waals surface area contributed by atoms with Gasteiger partial charge < -0.3 is 9.73 Å². The summed E-state index contributed by atoms with van der Waals surface area (Å²) in [6.45, 7) is 0.401. The van der Waals surface area contributed by atoms with E-state index < -0.39 is 0 Å². The van der Waals surface area contributed by atoms with E-state index in [9.17, 15) is 4.79 Å². The number of aromatic nitrogens is 3. The monoisotopic (exact) mass is 440 g/mol. The molecule has 0 bridgehead atoms. The molecular formula is C25H20N4O2S. The van der Waals surface area contributed by atoms with E-state index in [2.05, 4.69) is 15.4 Å². The molecule has 0 unspecified atom stereocenters. The molecular weight excluding hydrogens is 420 g/mol. The standard InChI is InChI=1S/C25H20N4O2S/c30-24(26-14-18-15-27-29(16-18)20-9-2-1-3-10-20)21-11-5-4-8-19(21)17-32-25-28-22-12-6-7-13-23(22)31-25/h1-13,15-16H,14,17H2,(H,26,30). The first-order valence-electron chi connectivity index (χ1n) is 10.2. The lowest BCUT2D eigenvalue weighted by molar-refractivity contribution is 0.0950. The molecule has 158 valence electrons. The van der Waals surface area contributed by atoms with Crippen molar-refractivity contribution in [2.75, 3.05) is 0 Å². The summed E-state index contributed by atoms with van der Waals surface area (Å²) in [5, 5.41) is 7.97. The third-order valence-electron chi connectivity index (χ3n) is 5.00. The van der Waals surface area contributed by atoms with Crippen LogP contribution >= 0.6 is 11.8 Å². The normalized spacial score (nSPS) is 11.0. The summed E-state index contributed by atoms with van der Waals surface area (Å²) in [5.41, 5.74) is 5.07. The van der Waals surface area contributed by atoms with Crippen molar-refractivity contribution < 1.29 is 9.21 Å². The molecule has 2 aromatic heterocycles. The fourth-order valence-corrected chi connectivity index (χ4v) is 4.21. The summed E-state index contributed by atoms with van der Waals surface area (Å²) in [6.07, 6.45) is 3.69. The zero-order valence-electron chi connectivity index (χ0n) is 17.1. The highest BCUT2D eigenvalue weighted by Crippen LogP contribution is 2.27. The Kier molecular flexibility index (Phi) is 5.72. The Morgan fingerprint density at radius 2 is 1.75 bits per heavy atom. The second kappa shape index (κ2) is 9.11. The van der Waals surface area contributed by atoms with Crippen molar-refractivity contribution in [3.63, 3.8) is 0 Å². The molecule has 0 spiro atoms. The van der Waals surface area contributed by atoms with Crippen molar-refractivity contribution in [1.29, 1.82) is 0 Å². The van der Waals surface area contributed by atoms with Crippen molar-refractivity contribution in [2.45, 2.75) is 17.5 Å². The van der Waals surface area contributed by atoms with Crippen molar-refractivity contribution in [3.8, 4) is 5.69 Å². The number of hydrogen-bond acceptors (Lipinski definition) is 5. The summed E-state index contributed by atoms with van der Waals surface area (Å²) < 4.78 is 7.57. The maximum Gasteiger partial charge on any atom is 0.257 e. The van der Waals surface area contributed by atoms with Gasteiger partial charge in [0.15, 0.2) is 5.58 Å². The number of nitrogens with zero attached hydrogens (tertiary/aromatic N) is 3. The number of para-hydroxylation sites is 3. The first kappa shape index (κ1) is 20.1. The van der Waals surface area contributed by atoms with Crippen molar-refractivity contribution in [2.24, 2.45) is 0 Å². The van der Waals surface area contributed by atoms with Gasteiger partial charge in [-0.15, -0.1) is 0 Å². The van der Waals surface area contributed by atoms with Gasteiger partial charge in [-0.1, -0.05) is 60.3 Å². The number of oxazole rings is 1. The highest BCUT2D eigenvalue weighted by molar-refractivity contribution is 7.98. The van der Waals surface area contributed by atoms with E-state index >= 15 is 0 Å². The Morgan fingerprint density at radius 1 is 0.969 bits per heavy atom. The highest BCUT2D eigenvalue weighted by Gasteiger charge is 2.13. The molecule has 0 aliphatic heterocycles. The third-order valence-corrected chi connectivity index (χ3v) is 5.87. The number of hydrogen-bond donors (Lipinski definition) is 1. The quantitative estimate of drug-likeness (QED) is 0.351. The van der Waals surface area contributed by atoms with E-state index in [0.29, 0.717) is 23.1 Å². The number of carbonyl (C=O) groups excluding carboxylic acids is 1. The maximum absolute atomic E-state index is 12.9. The number of thioether (sulfide) groups is 1. The Bertz CT molecular complexity index is 1330. The Hall–Kier alpha value is -3.84. The molecule has 6 nitrogen and oxygen atoms in total. The fraction of sp³-hybridized carbons (Fsp3) is 0.0800. The molecule has 2 heterocycles. The Balaban J connectivity index is 1.24. The van der Waals surface area contributed by atoms with Crippen LogP contribution < -0.4 is 5.32 Å². The molecule has 0 saturated carbocycles. The van der Waals surface area contributed by atoms with E-state index in [0.717, 1.165) is 27.9 Å². The van der Waals surface area contributed by atoms with Crippen molar-refractivity contribution in [3.05, 3.63) is 108 Å². The average Bonchev–Trinajstić information content (AvgIpc) is 3.49. The van der Waals surface area contributed by atoms with E-state index in [-0.39, 0.29) is 5.91 Å². The first-order valence-corrected chi connectivity index (χ1v) is 11.2. The van der Waals surface area contributed by atoms with Gasteiger partial charge in [0.1, 0.15) is 5.52 Å². The third kappa shape index (κ3) is 4.43. The lowest BCUT2D eigenvalue weighted by Crippen LogP contribution is -2.23. The van der Waals surface area contributed by atoms with Crippen LogP contribution in [-0.4, -0.2) is 20.7 Å². The van der Waals surface area contributed by atoms with Gasteiger partial charge in [0, 0.05) is 29.6 Å². The van der Waals surface area contributed by atoms with E-state index in [1.54, 1.807) is 10.9 Å². The van der Waals surface area contributed by atoms with Gasteiger partial charge in [-0.2, -0.15) is 5.10 Å². The van der Waals surface area contributed by atoms with Gasteiger partial charge in [-0.05, 0) is 35.9 Å². The van der Waals surface area contributed by atoms with Crippen LogP contribution in [0.5, 0.6) is 0 Å². The molecule has 0 radical (unpaired) electrons. The number of benzene rings is 3. The molecule has 0 aliphatic carbocycles. The van der Waals surface area contributed by atoms with Crippen LogP contribution in [0.1, 0.15) is 21.5 Å². The highest BCUT2D eigenvalue weighted by atomic mass is 32.2. The van der Waals surface area contributed by atoms with Gasteiger partial charge >= 0.3 is 0 Å². The summed E-state index contributed by atoms with van der Waals surface area (Å²) in [4.78, 5) is 17.4. The van der Waals surface area contributed by atoms with Gasteiger partial charge in [0.2, 0.25) is 0 Å². The van der Waals surface area contributed by atoms with Gasteiger partial charge in [0.25, 0.3) is 11.1 Å². The maximum atomic E-state index is 12.9. The lowest BCUT2D eigenvalue weighted by atomic mass is 10.1. The summed E-state index contributed by atoms with van der Waals surface area (Å²) in [6, 6.07) is 25.1. The molecule has 32 heavy (non-hydrogen) atoms. The van der Waals surface area contributed by atoms with Crippen LogP contribution in [0.15, 0.2) is 101 Å². The topological polar surface area (TPSA) is 73.0 Å². The van der Waals surface area contributed by atoms with Crippen LogP contribution in [0, 0.1) is 0 Å². The van der Waals surface area contributed by atoms with Crippen molar-refractivity contribution >= 4 is 28.8 Å². The summed E-state index contributed by atoms with van der Waals surface area (Å²) >= 11 is 1.48. The number of nitrogens with one attached hydrogen (secondary N) is 1. The predicted octanol–water partition coefficient (Wildman–Crippen LogP) is 5.24. The fourth-order valence-electron chi connectivity index (χ4n) is 3.37. The molecule has 0 saturated heterocycles. The molecule has 1 N–H and O–H groups in total. The summed E-state index contributed by atoms with van der Waals surface area (Å²) in [5.74, 6) is 0.466. The second-order valence-electron chi connectivity index (χ2n) is 7.20. The number of fused-ring (bicyclic) bond motifs is 1. The molecule has 0 atom stereocenters. The van der Waals surface area contributed by atoms with Crippen LogP contribution in [0.25, 0.3) is 16.8 Å². The van der Waals surface area contributed by atoms with E-state index in [1.807, 2.05) is 85.1 Å². The van der Waals surface area contributed by atoms with Gasteiger partial charge in [0.05, 0.1) is 11.9 Å². The molecule has 0 fully saturated rings. The molecule has 1 amide bonds. The SMILES string of the molecule is O=C(NCc1cnn(-c2ccccc2)c1)c1ccccc1CSc1nc2ccccc2o1. The summed E-state index contributed by atoms with van der Waals surface area (Å²) in [7, 11) is 0. The van der Waals surface area contributed by atoms with Crippen LogP contribution in [0.4, 0.5) is 0 Å². The number of rotatable bonds is 7. The minimum Gasteiger partial charge on any atom is -0.431 e. The van der Waals surface area contributed by atoms with Crippen LogP contribution in [0.3, 0.4) is 0 Å². The molecule has 0 aliphatic rings. The predicted molar refractivity (Wildman–Crippen MR) is 125 cm³/mol. The minimum absolute atomic E-state index is 0.119. The smallest absolute Gasteiger partial charge is 0.257 e. The molecule has 5 rings (SSSR count). The second-order valence-corrected chi connectivity index (χ2v) is 8.13. The average molecular weight is 441 g/mol. The Labute approximate surface area is 189 Å². The van der Waals surface area contributed by atoms with Crippen LogP contribution in [-0.2, 0) is 12.3 Å². The zero-order valence-corrected chi connectivity index (χ0v) is 18.0. The minimum atomic E-state index is -0.119. The molecule has 5 aromatic rings. The van der Waals surface area contributed by atoms with Gasteiger partial charge in [-0.25, -0.2) is 9.67 Å². The number of carbonyl (C=O) groups is 1. The van der Waals surface area contributed by atoms with Crippen LogP contribution in [0.2, 0.25) is 0 Å².